The van der Waals surface area contributed by atoms with E-state index < -0.39 is 27.3 Å². The maximum absolute atomic E-state index is 13.8. The molecule has 0 N–H and O–H groups in total. The Balaban J connectivity index is 1.42. The number of ketones is 1. The van der Waals surface area contributed by atoms with Crippen molar-refractivity contribution in [1.82, 2.24) is 9.29 Å². The number of Topliss-reactive ketones (excluding diaryl/α,β-unsaturated/α-hetero) is 1. The number of hydrogen-bond donors (Lipinski definition) is 1. The maximum Gasteiger partial charge on any atom is 0.417 e. The molecule has 1 aliphatic heterocycles. The van der Waals surface area contributed by atoms with E-state index in [1.54, 1.807) is 6.26 Å². The van der Waals surface area contributed by atoms with Gasteiger partial charge >= 0.3 is 6.18 Å². The largest absolute Gasteiger partial charge is 0.417 e. The molecule has 2 bridgehead atoms. The summed E-state index contributed by atoms with van der Waals surface area (Å²) >= 11 is 0. The molecule has 1 aromatic heterocycles. The average Bonchev–Trinajstić information content (AvgIpc) is 3.01. The van der Waals surface area contributed by atoms with Crippen molar-refractivity contribution in [2.45, 2.75) is 39.3 Å². The highest BCUT2D eigenvalue weighted by Crippen LogP contribution is 2.64. The fourth-order valence-electron chi connectivity index (χ4n) is 5.83. The van der Waals surface area contributed by atoms with Crippen LogP contribution in [0.4, 0.5) is 19.0 Å². The number of fused-ring (bicyclic) bond motifs is 2. The Morgan fingerprint density at radius 2 is 1.87 bits per heavy atom. The highest BCUT2D eigenvalue weighted by molar-refractivity contribution is 8.00. The number of aromatic nitrogens is 1. The average molecular weight is 446 g/mol. The molecule has 1 aromatic rings. The molecule has 3 fully saturated rings. The lowest BCUT2D eigenvalue weighted by atomic mass is 9.70. The molecule has 3 aliphatic rings. The van der Waals surface area contributed by atoms with Crippen LogP contribution >= 0.6 is 0 Å². The van der Waals surface area contributed by atoms with Crippen LogP contribution in [0.15, 0.2) is 18.3 Å². The number of anilines is 1. The van der Waals surface area contributed by atoms with Crippen LogP contribution in [0.5, 0.6) is 0 Å². The normalized spacial score (nSPS) is 30.1. The molecular weight excluding hydrogens is 415 g/mol. The summed E-state index contributed by atoms with van der Waals surface area (Å²) in [5.74, 6) is 1.60. The summed E-state index contributed by atoms with van der Waals surface area (Å²) in [6.45, 7) is 6.50. The van der Waals surface area contributed by atoms with E-state index in [-0.39, 0.29) is 11.2 Å². The summed E-state index contributed by atoms with van der Waals surface area (Å²) in [6.07, 6.45) is 0.727. The summed E-state index contributed by atoms with van der Waals surface area (Å²) in [4.78, 5) is 18.7. The lowest BCUT2D eigenvalue weighted by Crippen LogP contribution is -2.55. The van der Waals surface area contributed by atoms with Crippen molar-refractivity contribution in [1.29, 1.82) is 0 Å². The monoisotopic (exact) mass is 445 g/mol. The second-order valence-corrected chi connectivity index (χ2v) is 12.7. The van der Waals surface area contributed by atoms with Crippen molar-refractivity contribution in [2.75, 3.05) is 43.1 Å². The number of carbonyl (C=O) groups excluding carboxylic acids is 1. The van der Waals surface area contributed by atoms with Crippen molar-refractivity contribution in [3.8, 4) is 0 Å². The molecule has 0 aromatic carbocycles. The smallest absolute Gasteiger partial charge is 0.354 e. The lowest BCUT2D eigenvalue weighted by molar-refractivity contribution is -0.137. The van der Waals surface area contributed by atoms with Crippen molar-refractivity contribution >= 4 is 21.7 Å². The number of alkyl halides is 3. The van der Waals surface area contributed by atoms with Crippen LogP contribution in [0.25, 0.3) is 0 Å². The zero-order valence-electron chi connectivity index (χ0n) is 17.7. The Labute approximate surface area is 176 Å². The van der Waals surface area contributed by atoms with E-state index in [4.69, 9.17) is 0 Å². The van der Waals surface area contributed by atoms with Crippen molar-refractivity contribution < 1.29 is 22.2 Å². The van der Waals surface area contributed by atoms with Gasteiger partial charge in [-0.25, -0.2) is 9.29 Å². The van der Waals surface area contributed by atoms with Gasteiger partial charge in [-0.1, -0.05) is 24.0 Å². The van der Waals surface area contributed by atoms with Gasteiger partial charge in [0.2, 0.25) is 0 Å². The maximum atomic E-state index is 13.8. The summed E-state index contributed by atoms with van der Waals surface area (Å²) < 4.78 is 54.0. The zero-order chi connectivity index (χ0) is 21.9. The first-order valence-corrected chi connectivity index (χ1v) is 12.8. The molecule has 9 heteroatoms. The summed E-state index contributed by atoms with van der Waals surface area (Å²) in [7, 11) is -2.72. The Kier molecular flexibility index (Phi) is 5.09. The fraction of sp³-hybridized carbons (Fsp3) is 0.714. The Morgan fingerprint density at radius 1 is 1.20 bits per heavy atom. The first kappa shape index (κ1) is 21.7. The van der Waals surface area contributed by atoms with E-state index in [0.29, 0.717) is 50.1 Å². The highest BCUT2D eigenvalue weighted by Gasteiger charge is 2.65. The van der Waals surface area contributed by atoms with Crippen molar-refractivity contribution in [3.63, 3.8) is 0 Å². The van der Waals surface area contributed by atoms with Gasteiger partial charge in [0.1, 0.15) is 11.6 Å². The molecule has 0 unspecified atom stereocenters. The first-order chi connectivity index (χ1) is 13.9. The second kappa shape index (κ2) is 7.02. The molecule has 0 amide bonds. The van der Waals surface area contributed by atoms with Crippen LogP contribution in [0.2, 0.25) is 0 Å². The molecule has 1 saturated heterocycles. The third kappa shape index (κ3) is 3.38. The molecule has 2 saturated carbocycles. The Hall–Kier alpha value is -1.48. The topological polar surface area (TPSA) is 53.5 Å². The Bertz CT molecular complexity index is 878. The predicted molar refractivity (Wildman–Crippen MR) is 112 cm³/mol. The number of pyridine rings is 1. The molecule has 4 rings (SSSR count). The van der Waals surface area contributed by atoms with E-state index in [0.717, 1.165) is 25.1 Å². The standard InChI is InChI=1S/C21H30F3N3O2S/c1-19(2)15-6-7-20(19,17(28)12-15)14-30(3,29)27-10-8-26(9-11-27)18-5-4-16(13-25-18)21(22,23)24/h4-5,13,15,30H,6-12,14H2,1-3H3/t15-,20-/m1/s1. The van der Waals surface area contributed by atoms with Crippen LogP contribution in [0.3, 0.4) is 0 Å². The molecule has 168 valence electrons. The molecule has 2 aliphatic carbocycles. The zero-order valence-corrected chi connectivity index (χ0v) is 18.6. The molecule has 0 radical (unpaired) electrons. The van der Waals surface area contributed by atoms with E-state index in [1.807, 2.05) is 9.21 Å². The fourth-order valence-corrected chi connectivity index (χ4v) is 8.80. The molecular formula is C21H30F3N3O2S. The van der Waals surface area contributed by atoms with Gasteiger partial charge in [-0.3, -0.25) is 9.00 Å². The van der Waals surface area contributed by atoms with Crippen LogP contribution in [-0.2, 0) is 21.1 Å². The van der Waals surface area contributed by atoms with Gasteiger partial charge in [0.25, 0.3) is 0 Å². The number of piperazine rings is 1. The van der Waals surface area contributed by atoms with Gasteiger partial charge in [0, 0.05) is 56.2 Å². The van der Waals surface area contributed by atoms with Gasteiger partial charge in [-0.2, -0.15) is 13.2 Å². The minimum absolute atomic E-state index is 0.109. The molecule has 0 spiro atoms. The number of thiol groups is 1. The number of rotatable bonds is 4. The third-order valence-corrected chi connectivity index (χ3v) is 10.7. The quantitative estimate of drug-likeness (QED) is 0.724. The molecule has 2 heterocycles. The number of halogens is 3. The van der Waals surface area contributed by atoms with Gasteiger partial charge in [0.15, 0.2) is 0 Å². The van der Waals surface area contributed by atoms with Crippen LogP contribution in [0, 0.1) is 16.7 Å². The molecule has 2 atom stereocenters. The number of carbonyl (C=O) groups is 1. The van der Waals surface area contributed by atoms with Gasteiger partial charge in [0.05, 0.1) is 5.56 Å². The highest BCUT2D eigenvalue weighted by atomic mass is 32.3. The summed E-state index contributed by atoms with van der Waals surface area (Å²) in [5.41, 5.74) is -1.35. The SMILES string of the molecule is CC1(C)[C@@H]2CC[C@@]1(C[SH](C)(=O)N1CCN(c3ccc(C(F)(F)F)cn3)CC1)C(=O)C2. The van der Waals surface area contributed by atoms with Crippen molar-refractivity contribution in [3.05, 3.63) is 23.9 Å². The summed E-state index contributed by atoms with van der Waals surface area (Å²) in [5, 5.41) is 0. The molecule has 5 nitrogen and oxygen atoms in total. The van der Waals surface area contributed by atoms with E-state index in [2.05, 4.69) is 18.8 Å². The Morgan fingerprint density at radius 3 is 2.33 bits per heavy atom. The summed E-state index contributed by atoms with van der Waals surface area (Å²) in [6, 6.07) is 2.43. The lowest BCUT2D eigenvalue weighted by Gasteiger charge is -2.46. The van der Waals surface area contributed by atoms with Crippen LogP contribution in [0.1, 0.15) is 38.7 Å². The van der Waals surface area contributed by atoms with E-state index in [1.165, 1.54) is 6.07 Å². The van der Waals surface area contributed by atoms with Gasteiger partial charge in [-0.15, -0.1) is 0 Å². The second-order valence-electron chi connectivity index (χ2n) is 9.72. The number of nitrogens with zero attached hydrogens (tertiary/aromatic N) is 3. The van der Waals surface area contributed by atoms with Gasteiger partial charge in [-0.05, 0) is 36.3 Å². The minimum atomic E-state index is -4.40. The molecule has 30 heavy (non-hydrogen) atoms. The van der Waals surface area contributed by atoms with E-state index in [9.17, 15) is 22.2 Å². The van der Waals surface area contributed by atoms with Crippen LogP contribution in [-0.4, -0.2) is 57.5 Å². The van der Waals surface area contributed by atoms with Crippen LogP contribution < -0.4 is 4.90 Å². The van der Waals surface area contributed by atoms with Crippen molar-refractivity contribution in [2.24, 2.45) is 16.7 Å². The third-order valence-electron chi connectivity index (χ3n) is 7.96. The van der Waals surface area contributed by atoms with Gasteiger partial charge < -0.3 is 4.90 Å². The first-order valence-electron chi connectivity index (χ1n) is 10.5. The number of hydrogen-bond acceptors (Lipinski definition) is 4. The minimum Gasteiger partial charge on any atom is -0.354 e. The van der Waals surface area contributed by atoms with E-state index >= 15 is 0 Å². The predicted octanol–water partition coefficient (Wildman–Crippen LogP) is 3.18.